The summed E-state index contributed by atoms with van der Waals surface area (Å²) in [6.07, 6.45) is -11.9. The van der Waals surface area contributed by atoms with Crippen LogP contribution in [-0.2, 0) is 54.3 Å². The highest BCUT2D eigenvalue weighted by molar-refractivity contribution is 5.82. The van der Waals surface area contributed by atoms with Crippen LogP contribution in [0.25, 0.3) is 0 Å². The van der Waals surface area contributed by atoms with E-state index in [-0.39, 0.29) is 19.4 Å². The molecule has 1 aliphatic heterocycles. The summed E-state index contributed by atoms with van der Waals surface area (Å²) < 4.78 is 65.5. The van der Waals surface area contributed by atoms with Crippen LogP contribution in [0.3, 0.4) is 0 Å². The number of alkyl halides is 3. The molecule has 1 amide bonds. The van der Waals surface area contributed by atoms with E-state index in [1.807, 2.05) is 0 Å². The van der Waals surface area contributed by atoms with Crippen molar-refractivity contribution in [3.05, 3.63) is 35.9 Å². The summed E-state index contributed by atoms with van der Waals surface area (Å²) in [5, 5.41) is 1.72. The second-order valence-electron chi connectivity index (χ2n) is 8.35. The van der Waals surface area contributed by atoms with Gasteiger partial charge in [0.25, 0.3) is 0 Å². The van der Waals surface area contributed by atoms with Gasteiger partial charge in [0, 0.05) is 27.2 Å². The number of benzene rings is 1. The Labute approximate surface area is 215 Å². The lowest BCUT2D eigenvalue weighted by molar-refractivity contribution is -0.227. The van der Waals surface area contributed by atoms with Gasteiger partial charge in [0.15, 0.2) is 12.2 Å². The van der Waals surface area contributed by atoms with Gasteiger partial charge in [-0.2, -0.15) is 13.2 Å². The van der Waals surface area contributed by atoms with E-state index in [9.17, 15) is 37.1 Å². The zero-order chi connectivity index (χ0) is 28.5. The summed E-state index contributed by atoms with van der Waals surface area (Å²) in [7, 11) is 0. The molecule has 2 rings (SSSR count). The average molecular weight is 547 g/mol. The quantitative estimate of drug-likeness (QED) is 0.340. The molecule has 0 bridgehead atoms. The molecule has 1 saturated heterocycles. The third-order valence-electron chi connectivity index (χ3n) is 5.28. The number of carbonyl (C=O) groups is 5. The van der Waals surface area contributed by atoms with Crippen molar-refractivity contribution in [1.29, 1.82) is 0 Å². The van der Waals surface area contributed by atoms with Crippen molar-refractivity contribution >= 4 is 29.8 Å². The van der Waals surface area contributed by atoms with Crippen LogP contribution in [0.15, 0.2) is 30.3 Å². The topological polar surface area (TPSA) is 144 Å². The molecule has 0 saturated carbocycles. The van der Waals surface area contributed by atoms with Crippen LogP contribution >= 0.6 is 0 Å². The van der Waals surface area contributed by atoms with Crippen molar-refractivity contribution < 1.29 is 60.8 Å². The summed E-state index contributed by atoms with van der Waals surface area (Å²) in [5.74, 6) is -5.71. The Hall–Kier alpha value is -3.68. The SMILES string of the molecule is CC(=O)OC[C@H]1O[C@H](CCC(=O)OCc2ccccc2)[C@H](NC(=O)C(F)(F)F)[C@@H](OC(C)=O)[C@@H]1OC(C)=O. The Morgan fingerprint density at radius 2 is 1.47 bits per heavy atom. The zero-order valence-electron chi connectivity index (χ0n) is 20.8. The number of amides is 1. The van der Waals surface area contributed by atoms with Crippen LogP contribution in [0.1, 0.15) is 39.2 Å². The number of ether oxygens (including phenoxy) is 5. The molecular weight excluding hydrogens is 519 g/mol. The van der Waals surface area contributed by atoms with E-state index in [0.717, 1.165) is 20.8 Å². The predicted octanol–water partition coefficient (Wildman–Crippen LogP) is 1.75. The van der Waals surface area contributed by atoms with Gasteiger partial charge in [0.2, 0.25) is 0 Å². The number of rotatable bonds is 10. The Balaban J connectivity index is 2.31. The first-order valence-electron chi connectivity index (χ1n) is 11.5. The Kier molecular flexibility index (Phi) is 11.0. The highest BCUT2D eigenvalue weighted by Crippen LogP contribution is 2.30. The molecule has 1 aliphatic rings. The van der Waals surface area contributed by atoms with Gasteiger partial charge in [0.1, 0.15) is 19.3 Å². The van der Waals surface area contributed by atoms with E-state index in [4.69, 9.17) is 23.7 Å². The van der Waals surface area contributed by atoms with E-state index in [1.54, 1.807) is 35.6 Å². The maximum Gasteiger partial charge on any atom is 0.471 e. The molecule has 1 aromatic carbocycles. The Morgan fingerprint density at radius 3 is 2.03 bits per heavy atom. The fourth-order valence-corrected chi connectivity index (χ4v) is 3.74. The fourth-order valence-electron chi connectivity index (χ4n) is 3.74. The van der Waals surface area contributed by atoms with E-state index in [0.29, 0.717) is 5.56 Å². The van der Waals surface area contributed by atoms with Gasteiger partial charge in [-0.1, -0.05) is 30.3 Å². The molecule has 0 unspecified atom stereocenters. The third kappa shape index (κ3) is 9.65. The van der Waals surface area contributed by atoms with Crippen molar-refractivity contribution in [3.8, 4) is 0 Å². The lowest BCUT2D eigenvalue weighted by Gasteiger charge is -2.45. The van der Waals surface area contributed by atoms with Crippen LogP contribution in [0.2, 0.25) is 0 Å². The molecule has 11 nitrogen and oxygen atoms in total. The smallest absolute Gasteiger partial charge is 0.463 e. The second-order valence-corrected chi connectivity index (χ2v) is 8.35. The third-order valence-corrected chi connectivity index (χ3v) is 5.28. The van der Waals surface area contributed by atoms with Crippen molar-refractivity contribution in [2.45, 2.75) is 76.9 Å². The van der Waals surface area contributed by atoms with Crippen molar-refractivity contribution in [3.63, 3.8) is 0 Å². The standard InChI is InChI=1S/C24H28F3NO10/c1-13(29)34-12-18-21(36-14(2)30)22(37-15(3)31)20(28-23(33)24(25,26)27)17(38-18)9-10-19(32)35-11-16-7-5-4-6-8-16/h4-8,17-18,20-22H,9-12H2,1-3H3,(H,28,33)/t17-,18-,20+,21-,22-/m1/s1. The first-order chi connectivity index (χ1) is 17.8. The first-order valence-corrected chi connectivity index (χ1v) is 11.5. The molecule has 38 heavy (non-hydrogen) atoms. The highest BCUT2D eigenvalue weighted by Gasteiger charge is 2.52. The Morgan fingerprint density at radius 1 is 0.868 bits per heavy atom. The monoisotopic (exact) mass is 547 g/mol. The van der Waals surface area contributed by atoms with Crippen LogP contribution in [0.4, 0.5) is 13.2 Å². The molecule has 1 aromatic rings. The molecule has 0 radical (unpaired) electrons. The van der Waals surface area contributed by atoms with E-state index in [2.05, 4.69) is 0 Å². The molecule has 210 valence electrons. The van der Waals surface area contributed by atoms with Crippen molar-refractivity contribution in [2.24, 2.45) is 0 Å². The van der Waals surface area contributed by atoms with E-state index < -0.39 is 73.0 Å². The summed E-state index contributed by atoms with van der Waals surface area (Å²) in [5.41, 5.74) is 0.700. The van der Waals surface area contributed by atoms with Gasteiger partial charge in [-0.25, -0.2) is 0 Å². The maximum absolute atomic E-state index is 13.1. The van der Waals surface area contributed by atoms with E-state index >= 15 is 0 Å². The number of halogens is 3. The molecule has 0 aromatic heterocycles. The molecule has 1 heterocycles. The number of carbonyl (C=O) groups excluding carboxylic acids is 5. The van der Waals surface area contributed by atoms with Crippen LogP contribution in [0.5, 0.6) is 0 Å². The second kappa shape index (κ2) is 13.7. The minimum Gasteiger partial charge on any atom is -0.463 e. The summed E-state index contributed by atoms with van der Waals surface area (Å²) in [4.78, 5) is 59.1. The van der Waals surface area contributed by atoms with Gasteiger partial charge in [0.05, 0.1) is 12.1 Å². The largest absolute Gasteiger partial charge is 0.471 e. The van der Waals surface area contributed by atoms with Gasteiger partial charge in [-0.3, -0.25) is 24.0 Å². The van der Waals surface area contributed by atoms with Crippen molar-refractivity contribution in [2.75, 3.05) is 6.61 Å². The number of nitrogens with one attached hydrogen (secondary N) is 1. The Bertz CT molecular complexity index is 1000. The first kappa shape index (κ1) is 30.5. The van der Waals surface area contributed by atoms with Crippen LogP contribution in [-0.4, -0.2) is 73.0 Å². The minimum atomic E-state index is -5.31. The molecule has 1 N–H and O–H groups in total. The molecule has 0 spiro atoms. The zero-order valence-corrected chi connectivity index (χ0v) is 20.8. The molecular formula is C24H28F3NO10. The maximum atomic E-state index is 13.1. The van der Waals surface area contributed by atoms with Crippen LogP contribution < -0.4 is 5.32 Å². The highest BCUT2D eigenvalue weighted by atomic mass is 19.4. The lowest BCUT2D eigenvalue weighted by atomic mass is 9.89. The number of hydrogen-bond donors (Lipinski definition) is 1. The normalized spacial score (nSPS) is 23.1. The van der Waals surface area contributed by atoms with Gasteiger partial charge >= 0.3 is 36.0 Å². The summed E-state index contributed by atoms with van der Waals surface area (Å²) >= 11 is 0. The van der Waals surface area contributed by atoms with E-state index in [1.165, 1.54) is 0 Å². The fraction of sp³-hybridized carbons (Fsp3) is 0.542. The lowest BCUT2D eigenvalue weighted by Crippen LogP contribution is -2.67. The van der Waals surface area contributed by atoms with Gasteiger partial charge in [-0.15, -0.1) is 0 Å². The molecule has 5 atom stereocenters. The van der Waals surface area contributed by atoms with Gasteiger partial charge in [-0.05, 0) is 12.0 Å². The summed E-state index contributed by atoms with van der Waals surface area (Å²) in [6.45, 7) is 2.45. The molecule has 1 fully saturated rings. The molecule has 14 heteroatoms. The number of hydrogen-bond acceptors (Lipinski definition) is 10. The minimum absolute atomic E-state index is 0.0564. The number of esters is 4. The van der Waals surface area contributed by atoms with Crippen molar-refractivity contribution in [1.82, 2.24) is 5.32 Å². The predicted molar refractivity (Wildman–Crippen MR) is 120 cm³/mol. The van der Waals surface area contributed by atoms with Crippen LogP contribution in [0, 0.1) is 0 Å². The molecule has 0 aliphatic carbocycles. The average Bonchev–Trinajstić information content (AvgIpc) is 2.82. The van der Waals surface area contributed by atoms with Gasteiger partial charge < -0.3 is 29.0 Å². The summed E-state index contributed by atoms with van der Waals surface area (Å²) in [6, 6.07) is 7.00.